The van der Waals surface area contributed by atoms with Crippen molar-refractivity contribution in [2.45, 2.75) is 32.6 Å². The Morgan fingerprint density at radius 3 is 2.33 bits per heavy atom. The zero-order valence-electron chi connectivity index (χ0n) is 14.8. The fourth-order valence-corrected chi connectivity index (χ4v) is 2.53. The Kier molecular flexibility index (Phi) is 5.85. The van der Waals surface area contributed by atoms with Crippen LogP contribution in [-0.4, -0.2) is 19.7 Å². The van der Waals surface area contributed by atoms with Gasteiger partial charge in [0.25, 0.3) is 0 Å². The van der Waals surface area contributed by atoms with E-state index >= 15 is 0 Å². The molecule has 0 spiro atoms. The minimum Gasteiger partial charge on any atom is -0.497 e. The lowest BCUT2D eigenvalue weighted by molar-refractivity contribution is 0.252. The summed E-state index contributed by atoms with van der Waals surface area (Å²) >= 11 is 0. The van der Waals surface area contributed by atoms with E-state index in [0.717, 1.165) is 29.0 Å². The summed E-state index contributed by atoms with van der Waals surface area (Å²) in [5.41, 5.74) is 3.11. The molecular weight excluding hydrogens is 300 g/mol. The monoisotopic (exact) mass is 326 g/mol. The Morgan fingerprint density at radius 2 is 1.71 bits per heavy atom. The van der Waals surface area contributed by atoms with Crippen molar-refractivity contribution in [1.29, 1.82) is 0 Å². The molecule has 0 unspecified atom stereocenters. The number of methoxy groups -OCH3 is 1. The van der Waals surface area contributed by atoms with E-state index in [2.05, 4.69) is 31.4 Å². The van der Waals surface area contributed by atoms with Crippen LogP contribution in [0.15, 0.2) is 48.5 Å². The van der Waals surface area contributed by atoms with Gasteiger partial charge in [0.05, 0.1) is 7.11 Å². The molecule has 24 heavy (non-hydrogen) atoms. The number of hydrogen-bond donors (Lipinski definition) is 2. The summed E-state index contributed by atoms with van der Waals surface area (Å²) in [4.78, 5) is 12.1. The third kappa shape index (κ3) is 5.01. The molecule has 0 radical (unpaired) electrons. The number of carbonyl (C=O) groups excluding carboxylic acids is 1. The average molecular weight is 326 g/mol. The molecule has 0 aliphatic carbocycles. The minimum atomic E-state index is -0.180. The maximum Gasteiger partial charge on any atom is 0.319 e. The fraction of sp³-hybridized carbons (Fsp3) is 0.350. The molecule has 0 heterocycles. The Labute approximate surface area is 144 Å². The molecule has 0 aromatic heterocycles. The summed E-state index contributed by atoms with van der Waals surface area (Å²) in [6.45, 7) is 6.98. The molecule has 2 aromatic rings. The number of hydrogen-bond acceptors (Lipinski definition) is 2. The van der Waals surface area contributed by atoms with Crippen LogP contribution in [0.5, 0.6) is 5.75 Å². The predicted molar refractivity (Wildman–Crippen MR) is 98.9 cm³/mol. The summed E-state index contributed by atoms with van der Waals surface area (Å²) in [6, 6.07) is 15.6. The number of ether oxygens (including phenoxy) is 1. The highest BCUT2D eigenvalue weighted by Crippen LogP contribution is 2.29. The maximum atomic E-state index is 12.1. The molecule has 0 atom stereocenters. The van der Waals surface area contributed by atoms with Gasteiger partial charge >= 0.3 is 6.03 Å². The highest BCUT2D eigenvalue weighted by atomic mass is 16.5. The molecule has 0 aliphatic rings. The summed E-state index contributed by atoms with van der Waals surface area (Å²) in [7, 11) is 1.65. The number of benzene rings is 2. The van der Waals surface area contributed by atoms with E-state index in [1.807, 2.05) is 48.5 Å². The lowest BCUT2D eigenvalue weighted by Crippen LogP contribution is -2.31. The number of para-hydroxylation sites is 1. The van der Waals surface area contributed by atoms with Crippen molar-refractivity contribution in [3.63, 3.8) is 0 Å². The second kappa shape index (κ2) is 7.86. The summed E-state index contributed by atoms with van der Waals surface area (Å²) in [6.07, 6.45) is 0.776. The molecule has 0 saturated carbocycles. The molecule has 0 aliphatic heterocycles. The van der Waals surface area contributed by atoms with Crippen LogP contribution < -0.4 is 15.4 Å². The first-order valence-corrected chi connectivity index (χ1v) is 8.17. The van der Waals surface area contributed by atoms with Crippen molar-refractivity contribution in [2.24, 2.45) is 0 Å². The van der Waals surface area contributed by atoms with Crippen molar-refractivity contribution in [1.82, 2.24) is 5.32 Å². The van der Waals surface area contributed by atoms with Gasteiger partial charge in [-0.05, 0) is 41.2 Å². The van der Waals surface area contributed by atoms with Crippen molar-refractivity contribution in [3.8, 4) is 5.75 Å². The fourth-order valence-electron chi connectivity index (χ4n) is 2.53. The Balaban J connectivity index is 1.87. The van der Waals surface area contributed by atoms with Crippen LogP contribution in [0.1, 0.15) is 31.9 Å². The molecular formula is C20H26N2O2. The van der Waals surface area contributed by atoms with Gasteiger partial charge in [0.1, 0.15) is 5.75 Å². The molecule has 2 amide bonds. The lowest BCUT2D eigenvalue weighted by Gasteiger charge is -2.23. The first kappa shape index (κ1) is 17.9. The van der Waals surface area contributed by atoms with Gasteiger partial charge in [-0.1, -0.05) is 51.1 Å². The van der Waals surface area contributed by atoms with Crippen molar-refractivity contribution < 1.29 is 9.53 Å². The molecule has 0 bridgehead atoms. The number of rotatable bonds is 5. The molecule has 0 fully saturated rings. The SMILES string of the molecule is COc1ccc(CCNC(=O)Nc2ccccc2C(C)(C)C)cc1. The zero-order valence-corrected chi connectivity index (χ0v) is 14.8. The van der Waals surface area contributed by atoms with E-state index in [-0.39, 0.29) is 11.4 Å². The second-order valence-corrected chi connectivity index (χ2v) is 6.77. The largest absolute Gasteiger partial charge is 0.497 e. The van der Waals surface area contributed by atoms with Crippen molar-refractivity contribution in [3.05, 3.63) is 59.7 Å². The summed E-state index contributed by atoms with van der Waals surface area (Å²) in [5.74, 6) is 0.836. The van der Waals surface area contributed by atoms with Gasteiger partial charge in [0.15, 0.2) is 0 Å². The third-order valence-electron chi connectivity index (χ3n) is 3.84. The predicted octanol–water partition coefficient (Wildman–Crippen LogP) is 4.36. The van der Waals surface area contributed by atoms with Crippen molar-refractivity contribution >= 4 is 11.7 Å². The number of urea groups is 1. The van der Waals surface area contributed by atoms with Gasteiger partial charge in [0, 0.05) is 12.2 Å². The molecule has 2 N–H and O–H groups in total. The van der Waals surface area contributed by atoms with Crippen LogP contribution >= 0.6 is 0 Å². The van der Waals surface area contributed by atoms with Crippen LogP contribution in [0.25, 0.3) is 0 Å². The Bertz CT molecular complexity index is 673. The zero-order chi connectivity index (χ0) is 17.6. The average Bonchev–Trinajstić information content (AvgIpc) is 2.55. The maximum absolute atomic E-state index is 12.1. The highest BCUT2D eigenvalue weighted by Gasteiger charge is 2.18. The number of amides is 2. The van der Waals surface area contributed by atoms with E-state index in [1.165, 1.54) is 0 Å². The van der Waals surface area contributed by atoms with Gasteiger partial charge < -0.3 is 15.4 Å². The summed E-state index contributed by atoms with van der Waals surface area (Å²) < 4.78 is 5.14. The van der Waals surface area contributed by atoms with Crippen LogP contribution in [0.2, 0.25) is 0 Å². The molecule has 2 rings (SSSR count). The molecule has 0 saturated heterocycles. The van der Waals surface area contributed by atoms with Crippen LogP contribution in [0.3, 0.4) is 0 Å². The van der Waals surface area contributed by atoms with E-state index in [4.69, 9.17) is 4.74 Å². The smallest absolute Gasteiger partial charge is 0.319 e. The molecule has 4 heteroatoms. The number of carbonyl (C=O) groups is 1. The van der Waals surface area contributed by atoms with Gasteiger partial charge in [-0.2, -0.15) is 0 Å². The van der Waals surface area contributed by atoms with Crippen LogP contribution in [0.4, 0.5) is 10.5 Å². The number of nitrogens with one attached hydrogen (secondary N) is 2. The van der Waals surface area contributed by atoms with Gasteiger partial charge in [-0.3, -0.25) is 0 Å². The standard InChI is InChI=1S/C20H26N2O2/c1-20(2,3)17-7-5-6-8-18(17)22-19(23)21-14-13-15-9-11-16(24-4)12-10-15/h5-12H,13-14H2,1-4H3,(H2,21,22,23). The van der Waals surface area contributed by atoms with Crippen LogP contribution in [0, 0.1) is 0 Å². The second-order valence-electron chi connectivity index (χ2n) is 6.77. The quantitative estimate of drug-likeness (QED) is 0.858. The highest BCUT2D eigenvalue weighted by molar-refractivity contribution is 5.90. The van der Waals surface area contributed by atoms with E-state index in [1.54, 1.807) is 7.11 Å². The first-order valence-electron chi connectivity index (χ1n) is 8.17. The van der Waals surface area contributed by atoms with Crippen LogP contribution in [-0.2, 0) is 11.8 Å². The summed E-state index contributed by atoms with van der Waals surface area (Å²) in [5, 5.41) is 5.86. The number of anilines is 1. The van der Waals surface area contributed by atoms with Crippen molar-refractivity contribution in [2.75, 3.05) is 19.0 Å². The van der Waals surface area contributed by atoms with E-state index in [9.17, 15) is 4.79 Å². The van der Waals surface area contributed by atoms with Gasteiger partial charge in [-0.25, -0.2) is 4.79 Å². The molecule has 2 aromatic carbocycles. The third-order valence-corrected chi connectivity index (χ3v) is 3.84. The normalized spacial score (nSPS) is 11.0. The molecule has 128 valence electrons. The van der Waals surface area contributed by atoms with Gasteiger partial charge in [-0.15, -0.1) is 0 Å². The van der Waals surface area contributed by atoms with Gasteiger partial charge in [0.2, 0.25) is 0 Å². The minimum absolute atomic E-state index is 0.0209. The first-order chi connectivity index (χ1) is 11.4. The lowest BCUT2D eigenvalue weighted by atomic mass is 9.86. The van der Waals surface area contributed by atoms with E-state index in [0.29, 0.717) is 6.54 Å². The molecule has 4 nitrogen and oxygen atoms in total. The Morgan fingerprint density at radius 1 is 1.04 bits per heavy atom. The van der Waals surface area contributed by atoms with E-state index < -0.39 is 0 Å². The Hall–Kier alpha value is -2.49. The topological polar surface area (TPSA) is 50.4 Å².